The maximum absolute atomic E-state index is 9.24. The molecule has 0 bridgehead atoms. The van der Waals surface area contributed by atoms with Gasteiger partial charge in [0.05, 0.1) is 0 Å². The Morgan fingerprint density at radius 2 is 1.57 bits per heavy atom. The summed E-state index contributed by atoms with van der Waals surface area (Å²) in [7, 11) is 0. The Morgan fingerprint density at radius 3 is 1.57 bits per heavy atom. The van der Waals surface area contributed by atoms with Crippen molar-refractivity contribution in [3.05, 3.63) is 0 Å². The molecular weight excluding hydrogens is 156 g/mol. The molecule has 0 spiro atoms. The van der Waals surface area contributed by atoms with Crippen molar-refractivity contribution in [2.75, 3.05) is 0 Å². The third-order valence-corrected chi connectivity index (χ3v) is 0.149. The molecule has 0 aromatic heterocycles. The summed E-state index contributed by atoms with van der Waals surface area (Å²) in [4.78, 5) is 14.8. The minimum absolute atomic E-state index is 0. The minimum atomic E-state index is -1.55. The topological polar surface area (TPSA) is 76.0 Å². The fourth-order valence-corrected chi connectivity index (χ4v) is 0.0167. The molecular formula is CH2CuO5+2. The van der Waals surface area contributed by atoms with Gasteiger partial charge in [0.15, 0.2) is 0 Å². The third-order valence-electron chi connectivity index (χ3n) is 0.149. The standard InChI is InChI=1S/CH2O5.Cu/c2-1(5-3)6-4;/h3-4H;/q;+2. The van der Waals surface area contributed by atoms with E-state index in [4.69, 9.17) is 10.5 Å². The van der Waals surface area contributed by atoms with Gasteiger partial charge in [0.1, 0.15) is 0 Å². The summed E-state index contributed by atoms with van der Waals surface area (Å²) < 4.78 is 0. The van der Waals surface area contributed by atoms with Crippen molar-refractivity contribution in [1.82, 2.24) is 0 Å². The number of hydrogen-bond acceptors (Lipinski definition) is 5. The number of carbonyl (C=O) groups is 1. The van der Waals surface area contributed by atoms with E-state index >= 15 is 0 Å². The minimum Gasteiger partial charge on any atom is -0.260 e. The predicted octanol–water partition coefficient (Wildman–Crippen LogP) is 0.0831. The van der Waals surface area contributed by atoms with Crippen LogP contribution in [0.15, 0.2) is 0 Å². The molecule has 45 valence electrons. The molecule has 0 rings (SSSR count). The molecule has 5 nitrogen and oxygen atoms in total. The van der Waals surface area contributed by atoms with Crippen molar-refractivity contribution >= 4 is 6.16 Å². The zero-order valence-electron chi connectivity index (χ0n) is 2.92. The van der Waals surface area contributed by atoms with Crippen LogP contribution in [0.3, 0.4) is 0 Å². The van der Waals surface area contributed by atoms with E-state index in [0.29, 0.717) is 0 Å². The van der Waals surface area contributed by atoms with E-state index in [-0.39, 0.29) is 17.1 Å². The van der Waals surface area contributed by atoms with Gasteiger partial charge in [-0.3, -0.25) is 9.78 Å². The van der Waals surface area contributed by atoms with Crippen LogP contribution in [0, 0.1) is 0 Å². The summed E-state index contributed by atoms with van der Waals surface area (Å²) in [5.41, 5.74) is 0. The summed E-state index contributed by atoms with van der Waals surface area (Å²) in [6, 6.07) is 0. The second kappa shape index (κ2) is 5.71. The zero-order chi connectivity index (χ0) is 4.99. The van der Waals surface area contributed by atoms with E-state index in [2.05, 4.69) is 9.78 Å². The van der Waals surface area contributed by atoms with E-state index in [1.807, 2.05) is 0 Å². The average molecular weight is 158 g/mol. The van der Waals surface area contributed by atoms with Crippen LogP contribution in [0.2, 0.25) is 0 Å². The molecule has 0 fully saturated rings. The molecule has 0 aliphatic carbocycles. The first kappa shape index (κ1) is 9.86. The molecule has 1 radical (unpaired) electrons. The van der Waals surface area contributed by atoms with E-state index in [0.717, 1.165) is 0 Å². The number of carbonyl (C=O) groups excluding carboxylic acids is 1. The fraction of sp³-hybridized carbons (Fsp3) is 0. The molecule has 0 saturated carbocycles. The second-order valence-corrected chi connectivity index (χ2v) is 0.433. The van der Waals surface area contributed by atoms with Gasteiger partial charge in [-0.25, -0.2) is 0 Å². The summed E-state index contributed by atoms with van der Waals surface area (Å²) >= 11 is 0. The van der Waals surface area contributed by atoms with Crippen LogP contribution in [0.25, 0.3) is 0 Å². The Bertz CT molecular complexity index is 46.0. The summed E-state index contributed by atoms with van der Waals surface area (Å²) in [6.45, 7) is 0. The van der Waals surface area contributed by atoms with Crippen LogP contribution < -0.4 is 0 Å². The van der Waals surface area contributed by atoms with Crippen LogP contribution in [-0.4, -0.2) is 16.7 Å². The Kier molecular flexibility index (Phi) is 8.04. The Morgan fingerprint density at radius 1 is 1.29 bits per heavy atom. The van der Waals surface area contributed by atoms with Gasteiger partial charge in [-0.2, -0.15) is 15.3 Å². The zero-order valence-corrected chi connectivity index (χ0v) is 3.86. The summed E-state index contributed by atoms with van der Waals surface area (Å²) in [5.74, 6) is 0. The van der Waals surface area contributed by atoms with E-state index in [1.165, 1.54) is 0 Å². The quantitative estimate of drug-likeness (QED) is 0.296. The largest absolute Gasteiger partial charge is 2.00 e. The van der Waals surface area contributed by atoms with Crippen molar-refractivity contribution in [2.24, 2.45) is 0 Å². The monoisotopic (exact) mass is 157 g/mol. The van der Waals surface area contributed by atoms with Crippen LogP contribution in [-0.2, 0) is 26.8 Å². The van der Waals surface area contributed by atoms with Crippen molar-refractivity contribution in [2.45, 2.75) is 0 Å². The predicted molar refractivity (Wildman–Crippen MR) is 12.8 cm³/mol. The van der Waals surface area contributed by atoms with Crippen LogP contribution >= 0.6 is 0 Å². The first-order valence-corrected chi connectivity index (χ1v) is 0.978. The van der Waals surface area contributed by atoms with Crippen molar-refractivity contribution in [3.8, 4) is 0 Å². The number of rotatable bonds is 0. The molecule has 0 atom stereocenters. The SMILES string of the molecule is O=C(OO)OO.[Cu+2]. The molecule has 0 aromatic rings. The van der Waals surface area contributed by atoms with Gasteiger partial charge >= 0.3 is 23.2 Å². The van der Waals surface area contributed by atoms with Gasteiger partial charge in [-0.15, -0.1) is 0 Å². The molecule has 7 heavy (non-hydrogen) atoms. The third kappa shape index (κ3) is 5.71. The number of hydrogen-bond donors (Lipinski definition) is 2. The molecule has 0 heterocycles. The fourth-order valence-electron chi connectivity index (χ4n) is 0.0167. The Hall–Kier alpha value is -0.291. The first-order valence-electron chi connectivity index (χ1n) is 0.978. The van der Waals surface area contributed by atoms with Crippen LogP contribution in [0.4, 0.5) is 4.79 Å². The molecule has 0 saturated heterocycles. The normalized spacial score (nSPS) is 6.00. The molecule has 0 aliphatic heterocycles. The first-order chi connectivity index (χ1) is 2.81. The van der Waals surface area contributed by atoms with Crippen LogP contribution in [0.5, 0.6) is 0 Å². The molecule has 0 amide bonds. The summed E-state index contributed by atoms with van der Waals surface area (Å²) in [6.07, 6.45) is -1.55. The molecule has 2 N–H and O–H groups in total. The van der Waals surface area contributed by atoms with Crippen LogP contribution in [0.1, 0.15) is 0 Å². The van der Waals surface area contributed by atoms with Gasteiger partial charge in [0, 0.05) is 0 Å². The maximum Gasteiger partial charge on any atom is 2.00 e. The molecule has 0 unspecified atom stereocenters. The Labute approximate surface area is 49.2 Å². The second-order valence-electron chi connectivity index (χ2n) is 0.433. The van der Waals surface area contributed by atoms with Crippen molar-refractivity contribution < 1.29 is 42.2 Å². The van der Waals surface area contributed by atoms with Gasteiger partial charge in [-0.05, 0) is 0 Å². The van der Waals surface area contributed by atoms with E-state index in [9.17, 15) is 4.79 Å². The van der Waals surface area contributed by atoms with E-state index < -0.39 is 6.16 Å². The average Bonchev–Trinajstić information content (AvgIpc) is 1.65. The van der Waals surface area contributed by atoms with E-state index in [1.54, 1.807) is 0 Å². The molecule has 6 heteroatoms. The van der Waals surface area contributed by atoms with Gasteiger partial charge in [0.25, 0.3) is 0 Å². The van der Waals surface area contributed by atoms with Crippen molar-refractivity contribution in [3.63, 3.8) is 0 Å². The van der Waals surface area contributed by atoms with Gasteiger partial charge < -0.3 is 0 Å². The molecule has 0 aromatic carbocycles. The van der Waals surface area contributed by atoms with Gasteiger partial charge in [-0.1, -0.05) is 0 Å². The molecule has 0 aliphatic rings. The van der Waals surface area contributed by atoms with Crippen molar-refractivity contribution in [1.29, 1.82) is 0 Å². The smallest absolute Gasteiger partial charge is 0.260 e. The maximum atomic E-state index is 9.24. The summed E-state index contributed by atoms with van der Waals surface area (Å²) in [5, 5.41) is 14.4. The Balaban J connectivity index is 0. The van der Waals surface area contributed by atoms with Gasteiger partial charge in [0.2, 0.25) is 0 Å².